The summed E-state index contributed by atoms with van der Waals surface area (Å²) in [6, 6.07) is 0. The van der Waals surface area contributed by atoms with Crippen molar-refractivity contribution in [3.63, 3.8) is 0 Å². The van der Waals surface area contributed by atoms with Crippen molar-refractivity contribution in [1.29, 1.82) is 0 Å². The second kappa shape index (κ2) is 5.94. The van der Waals surface area contributed by atoms with Gasteiger partial charge >= 0.3 is 5.97 Å². The predicted molar refractivity (Wildman–Crippen MR) is 61.6 cm³/mol. The first-order valence-corrected chi connectivity index (χ1v) is 5.93. The lowest BCUT2D eigenvalue weighted by Gasteiger charge is -2.33. The van der Waals surface area contributed by atoms with Crippen LogP contribution in [-0.2, 0) is 9.53 Å². The van der Waals surface area contributed by atoms with E-state index < -0.39 is 0 Å². The zero-order chi connectivity index (χ0) is 11.1. The van der Waals surface area contributed by atoms with Crippen LogP contribution in [0.5, 0.6) is 0 Å². The number of carbonyl (C=O) groups is 1. The van der Waals surface area contributed by atoms with Crippen molar-refractivity contribution >= 4 is 5.97 Å². The minimum absolute atomic E-state index is 0.0818. The predicted octanol–water partition coefficient (Wildman–Crippen LogP) is 3.47. The van der Waals surface area contributed by atoms with E-state index in [-0.39, 0.29) is 5.97 Å². The van der Waals surface area contributed by atoms with Gasteiger partial charge in [0.25, 0.3) is 0 Å². The van der Waals surface area contributed by atoms with Crippen molar-refractivity contribution in [3.8, 4) is 0 Å². The van der Waals surface area contributed by atoms with Gasteiger partial charge in [0.05, 0.1) is 0 Å². The highest BCUT2D eigenvalue weighted by molar-refractivity contribution is 5.69. The van der Waals surface area contributed by atoms with Gasteiger partial charge in [0, 0.05) is 6.42 Å². The summed E-state index contributed by atoms with van der Waals surface area (Å²) in [7, 11) is 0. The van der Waals surface area contributed by atoms with Crippen LogP contribution >= 0.6 is 0 Å². The van der Waals surface area contributed by atoms with Crippen molar-refractivity contribution in [2.45, 2.75) is 51.9 Å². The fourth-order valence-corrected chi connectivity index (χ4v) is 2.28. The molecule has 0 N–H and O–H groups in total. The van der Waals surface area contributed by atoms with E-state index in [4.69, 9.17) is 4.74 Å². The van der Waals surface area contributed by atoms with Crippen LogP contribution < -0.4 is 0 Å². The zero-order valence-electron chi connectivity index (χ0n) is 9.76. The first-order valence-electron chi connectivity index (χ1n) is 5.93. The Morgan fingerprint density at radius 1 is 1.40 bits per heavy atom. The molecule has 86 valence electrons. The number of rotatable bonds is 5. The van der Waals surface area contributed by atoms with Gasteiger partial charge in [-0.2, -0.15) is 0 Å². The van der Waals surface area contributed by atoms with Crippen molar-refractivity contribution in [2.24, 2.45) is 5.41 Å². The van der Waals surface area contributed by atoms with E-state index in [1.807, 2.05) is 0 Å². The lowest BCUT2D eigenvalue weighted by molar-refractivity contribution is -0.143. The third kappa shape index (κ3) is 4.50. The molecular weight excluding hydrogens is 188 g/mol. The molecule has 1 saturated carbocycles. The SMILES string of the molecule is C=CCOC(=O)CCC1(C)CCCCC1. The smallest absolute Gasteiger partial charge is 0.306 e. The summed E-state index contributed by atoms with van der Waals surface area (Å²) in [5, 5.41) is 0. The maximum atomic E-state index is 11.3. The molecule has 0 aromatic carbocycles. The Morgan fingerprint density at radius 2 is 2.07 bits per heavy atom. The maximum Gasteiger partial charge on any atom is 0.306 e. The van der Waals surface area contributed by atoms with Crippen molar-refractivity contribution < 1.29 is 9.53 Å². The van der Waals surface area contributed by atoms with E-state index in [0.717, 1.165) is 6.42 Å². The van der Waals surface area contributed by atoms with Crippen LogP contribution in [0.3, 0.4) is 0 Å². The number of hydrogen-bond donors (Lipinski definition) is 0. The molecular formula is C13H22O2. The second-order valence-corrected chi connectivity index (χ2v) is 4.84. The summed E-state index contributed by atoms with van der Waals surface area (Å²) in [5.41, 5.74) is 0.380. The average molecular weight is 210 g/mol. The van der Waals surface area contributed by atoms with E-state index in [1.54, 1.807) is 6.08 Å². The molecule has 1 aliphatic rings. The van der Waals surface area contributed by atoms with Crippen molar-refractivity contribution in [3.05, 3.63) is 12.7 Å². The molecule has 15 heavy (non-hydrogen) atoms. The Balaban J connectivity index is 2.22. The van der Waals surface area contributed by atoms with Crippen LogP contribution in [0.25, 0.3) is 0 Å². The molecule has 0 aromatic rings. The van der Waals surface area contributed by atoms with E-state index in [0.29, 0.717) is 18.4 Å². The Bertz CT molecular complexity index is 215. The number of carbonyl (C=O) groups excluding carboxylic acids is 1. The normalized spacial score (nSPS) is 19.5. The van der Waals surface area contributed by atoms with Crippen LogP contribution in [0.1, 0.15) is 51.9 Å². The van der Waals surface area contributed by atoms with Crippen molar-refractivity contribution in [1.82, 2.24) is 0 Å². The van der Waals surface area contributed by atoms with E-state index in [9.17, 15) is 4.79 Å². The third-order valence-corrected chi connectivity index (χ3v) is 3.36. The summed E-state index contributed by atoms with van der Waals surface area (Å²) in [4.78, 5) is 11.3. The zero-order valence-corrected chi connectivity index (χ0v) is 9.76. The molecule has 0 aliphatic heterocycles. The highest BCUT2D eigenvalue weighted by atomic mass is 16.5. The highest BCUT2D eigenvalue weighted by Crippen LogP contribution is 2.39. The van der Waals surface area contributed by atoms with Crippen LogP contribution in [-0.4, -0.2) is 12.6 Å². The van der Waals surface area contributed by atoms with E-state index >= 15 is 0 Å². The maximum absolute atomic E-state index is 11.3. The van der Waals surface area contributed by atoms with Gasteiger partial charge in [0.15, 0.2) is 0 Å². The Labute approximate surface area is 92.7 Å². The van der Waals surface area contributed by atoms with E-state index in [2.05, 4.69) is 13.5 Å². The molecule has 2 nitrogen and oxygen atoms in total. The summed E-state index contributed by atoms with van der Waals surface area (Å²) in [5.74, 6) is -0.0818. The fourth-order valence-electron chi connectivity index (χ4n) is 2.28. The van der Waals surface area contributed by atoms with Crippen LogP contribution in [0.15, 0.2) is 12.7 Å². The van der Waals surface area contributed by atoms with Gasteiger partial charge in [0.2, 0.25) is 0 Å². The summed E-state index contributed by atoms with van der Waals surface area (Å²) < 4.78 is 4.97. The van der Waals surface area contributed by atoms with Crippen molar-refractivity contribution in [2.75, 3.05) is 6.61 Å². The van der Waals surface area contributed by atoms with Gasteiger partial charge in [-0.15, -0.1) is 0 Å². The lowest BCUT2D eigenvalue weighted by Crippen LogP contribution is -2.21. The van der Waals surface area contributed by atoms with Gasteiger partial charge in [-0.25, -0.2) is 0 Å². The molecule has 0 radical (unpaired) electrons. The monoisotopic (exact) mass is 210 g/mol. The molecule has 1 fully saturated rings. The van der Waals surface area contributed by atoms with E-state index in [1.165, 1.54) is 32.1 Å². The summed E-state index contributed by atoms with van der Waals surface area (Å²) >= 11 is 0. The molecule has 0 aromatic heterocycles. The van der Waals surface area contributed by atoms with Crippen LogP contribution in [0, 0.1) is 5.41 Å². The molecule has 1 aliphatic carbocycles. The molecule has 0 amide bonds. The van der Waals surface area contributed by atoms with Crippen LogP contribution in [0.4, 0.5) is 0 Å². The van der Waals surface area contributed by atoms with Gasteiger partial charge in [0.1, 0.15) is 6.61 Å². The van der Waals surface area contributed by atoms with Gasteiger partial charge in [-0.3, -0.25) is 4.79 Å². The quantitative estimate of drug-likeness (QED) is 0.513. The molecule has 2 heteroatoms. The topological polar surface area (TPSA) is 26.3 Å². The number of esters is 1. The Morgan fingerprint density at radius 3 is 2.67 bits per heavy atom. The summed E-state index contributed by atoms with van der Waals surface area (Å²) in [6.07, 6.45) is 9.67. The Hall–Kier alpha value is -0.790. The molecule has 0 spiro atoms. The largest absolute Gasteiger partial charge is 0.461 e. The number of ether oxygens (including phenoxy) is 1. The third-order valence-electron chi connectivity index (χ3n) is 3.36. The van der Waals surface area contributed by atoms with Crippen LogP contribution in [0.2, 0.25) is 0 Å². The average Bonchev–Trinajstić information content (AvgIpc) is 2.25. The second-order valence-electron chi connectivity index (χ2n) is 4.84. The van der Waals surface area contributed by atoms with Gasteiger partial charge in [-0.05, 0) is 24.7 Å². The number of hydrogen-bond acceptors (Lipinski definition) is 2. The van der Waals surface area contributed by atoms with Gasteiger partial charge < -0.3 is 4.74 Å². The molecule has 0 atom stereocenters. The lowest BCUT2D eigenvalue weighted by atomic mass is 9.73. The first-order chi connectivity index (χ1) is 7.16. The molecule has 0 bridgehead atoms. The first kappa shape index (κ1) is 12.3. The molecule has 0 saturated heterocycles. The summed E-state index contributed by atoms with van der Waals surface area (Å²) in [6.45, 7) is 6.16. The standard InChI is InChI=1S/C13H22O2/c1-3-11-15-12(14)7-10-13(2)8-5-4-6-9-13/h3H,1,4-11H2,2H3. The minimum Gasteiger partial charge on any atom is -0.461 e. The fraction of sp³-hybridized carbons (Fsp3) is 0.769. The Kier molecular flexibility index (Phi) is 4.86. The molecule has 0 heterocycles. The van der Waals surface area contributed by atoms with Gasteiger partial charge in [-0.1, -0.05) is 38.8 Å². The highest BCUT2D eigenvalue weighted by Gasteiger charge is 2.27. The molecule has 1 rings (SSSR count). The minimum atomic E-state index is -0.0818. The molecule has 0 unspecified atom stereocenters.